The van der Waals surface area contributed by atoms with Crippen LogP contribution < -0.4 is 15.5 Å². The molecule has 2 N–H and O–H groups in total. The van der Waals surface area contributed by atoms with Crippen molar-refractivity contribution < 1.29 is 14.0 Å². The molecular formula is C25H25FN4O2. The molecule has 1 aliphatic heterocycles. The van der Waals surface area contributed by atoms with E-state index < -0.39 is 0 Å². The molecule has 0 saturated carbocycles. The summed E-state index contributed by atoms with van der Waals surface area (Å²) in [5, 5.41) is 5.59. The Balaban J connectivity index is 1.31. The lowest BCUT2D eigenvalue weighted by Crippen LogP contribution is -2.50. The molecule has 0 radical (unpaired) electrons. The van der Waals surface area contributed by atoms with Crippen molar-refractivity contribution in [3.63, 3.8) is 0 Å². The number of piperazine rings is 1. The zero-order chi connectivity index (χ0) is 22.3. The fourth-order valence-corrected chi connectivity index (χ4v) is 3.67. The van der Waals surface area contributed by atoms with Gasteiger partial charge in [-0.15, -0.1) is 0 Å². The Hall–Kier alpha value is -3.87. The highest BCUT2D eigenvalue weighted by Crippen LogP contribution is 2.17. The van der Waals surface area contributed by atoms with Crippen LogP contribution in [0.25, 0.3) is 0 Å². The lowest BCUT2D eigenvalue weighted by molar-refractivity contribution is 0.0950. The van der Waals surface area contributed by atoms with Crippen molar-refractivity contribution in [3.8, 4) is 0 Å². The lowest BCUT2D eigenvalue weighted by atomic mass is 10.1. The third-order valence-corrected chi connectivity index (χ3v) is 5.46. The summed E-state index contributed by atoms with van der Waals surface area (Å²) in [6.45, 7) is 2.84. The van der Waals surface area contributed by atoms with Crippen LogP contribution >= 0.6 is 0 Å². The van der Waals surface area contributed by atoms with Gasteiger partial charge in [-0.25, -0.2) is 9.18 Å². The van der Waals surface area contributed by atoms with Gasteiger partial charge in [-0.3, -0.25) is 4.79 Å². The number of hydrogen-bond donors (Lipinski definition) is 2. The molecule has 0 aliphatic carbocycles. The summed E-state index contributed by atoms with van der Waals surface area (Å²) in [6.07, 6.45) is 0. The Morgan fingerprint density at radius 2 is 1.56 bits per heavy atom. The van der Waals surface area contributed by atoms with Crippen LogP contribution in [0.15, 0.2) is 78.9 Å². The van der Waals surface area contributed by atoms with Crippen LogP contribution in [0.2, 0.25) is 0 Å². The molecule has 3 amide bonds. The van der Waals surface area contributed by atoms with Crippen LogP contribution in [0, 0.1) is 5.82 Å². The lowest BCUT2D eigenvalue weighted by Gasteiger charge is -2.36. The molecule has 1 saturated heterocycles. The predicted molar refractivity (Wildman–Crippen MR) is 123 cm³/mol. The van der Waals surface area contributed by atoms with E-state index in [1.165, 1.54) is 6.07 Å². The summed E-state index contributed by atoms with van der Waals surface area (Å²) >= 11 is 0. The molecule has 1 heterocycles. The second kappa shape index (κ2) is 9.96. The summed E-state index contributed by atoms with van der Waals surface area (Å²) in [5.41, 5.74) is 2.51. The second-order valence-corrected chi connectivity index (χ2v) is 7.59. The molecule has 1 fully saturated rings. The smallest absolute Gasteiger partial charge is 0.321 e. The van der Waals surface area contributed by atoms with Crippen LogP contribution in [-0.4, -0.2) is 43.0 Å². The van der Waals surface area contributed by atoms with Crippen LogP contribution in [0.1, 0.15) is 15.9 Å². The van der Waals surface area contributed by atoms with Gasteiger partial charge in [0, 0.05) is 55.2 Å². The Morgan fingerprint density at radius 1 is 0.844 bits per heavy atom. The van der Waals surface area contributed by atoms with Crippen LogP contribution in [0.4, 0.5) is 20.6 Å². The van der Waals surface area contributed by atoms with Crippen molar-refractivity contribution in [1.82, 2.24) is 10.2 Å². The maximum atomic E-state index is 13.7. The largest absolute Gasteiger partial charge is 0.368 e. The van der Waals surface area contributed by atoms with Gasteiger partial charge in [0.15, 0.2) is 0 Å². The van der Waals surface area contributed by atoms with Crippen molar-refractivity contribution in [2.45, 2.75) is 6.54 Å². The minimum absolute atomic E-state index is 0.0911. The fourth-order valence-electron chi connectivity index (χ4n) is 3.67. The van der Waals surface area contributed by atoms with E-state index in [1.807, 2.05) is 18.2 Å². The van der Waals surface area contributed by atoms with E-state index >= 15 is 0 Å². The zero-order valence-corrected chi connectivity index (χ0v) is 17.6. The number of benzene rings is 3. The van der Waals surface area contributed by atoms with Crippen molar-refractivity contribution in [3.05, 3.63) is 95.8 Å². The average Bonchev–Trinajstić information content (AvgIpc) is 2.84. The molecule has 32 heavy (non-hydrogen) atoms. The number of carbonyl (C=O) groups is 2. The number of rotatable bonds is 5. The number of anilines is 2. The molecule has 0 aromatic heterocycles. The second-order valence-electron chi connectivity index (χ2n) is 7.59. The summed E-state index contributed by atoms with van der Waals surface area (Å²) in [7, 11) is 0. The number of halogens is 1. The molecule has 0 spiro atoms. The average molecular weight is 432 g/mol. The molecule has 1 aliphatic rings. The van der Waals surface area contributed by atoms with Gasteiger partial charge >= 0.3 is 6.03 Å². The van der Waals surface area contributed by atoms with E-state index in [0.29, 0.717) is 29.9 Å². The maximum Gasteiger partial charge on any atom is 0.321 e. The number of carbonyl (C=O) groups excluding carboxylic acids is 2. The highest BCUT2D eigenvalue weighted by Gasteiger charge is 2.21. The molecule has 164 valence electrons. The van der Waals surface area contributed by atoms with Gasteiger partial charge in [-0.05, 0) is 36.4 Å². The molecule has 6 nitrogen and oxygen atoms in total. The van der Waals surface area contributed by atoms with Gasteiger partial charge in [0.1, 0.15) is 5.82 Å². The quantitative estimate of drug-likeness (QED) is 0.638. The molecule has 0 atom stereocenters. The monoisotopic (exact) mass is 432 g/mol. The Morgan fingerprint density at radius 3 is 2.31 bits per heavy atom. The van der Waals surface area contributed by atoms with E-state index in [9.17, 15) is 14.0 Å². The van der Waals surface area contributed by atoms with Gasteiger partial charge in [0.2, 0.25) is 0 Å². The Kier molecular flexibility index (Phi) is 6.65. The van der Waals surface area contributed by atoms with E-state index in [-0.39, 0.29) is 24.3 Å². The summed E-state index contributed by atoms with van der Waals surface area (Å²) < 4.78 is 13.7. The molecule has 4 rings (SSSR count). The fraction of sp³-hybridized carbons (Fsp3) is 0.200. The Labute approximate surface area is 186 Å². The summed E-state index contributed by atoms with van der Waals surface area (Å²) in [4.78, 5) is 29.2. The number of nitrogens with zero attached hydrogens (tertiary/aromatic N) is 2. The summed E-state index contributed by atoms with van der Waals surface area (Å²) in [5.74, 6) is -0.693. The number of amides is 3. The highest BCUT2D eigenvalue weighted by atomic mass is 19.1. The molecular weight excluding hydrogens is 407 g/mol. The topological polar surface area (TPSA) is 64.7 Å². The Bertz CT molecular complexity index is 1080. The van der Waals surface area contributed by atoms with Gasteiger partial charge in [-0.2, -0.15) is 0 Å². The predicted octanol–water partition coefficient (Wildman–Crippen LogP) is 4.11. The normalized spacial score (nSPS) is 13.5. The van der Waals surface area contributed by atoms with Crippen LogP contribution in [-0.2, 0) is 6.54 Å². The molecule has 3 aromatic carbocycles. The first kappa shape index (κ1) is 21.4. The number of nitrogens with one attached hydrogen (secondary N) is 2. The van der Waals surface area contributed by atoms with Crippen molar-refractivity contribution in [1.29, 1.82) is 0 Å². The first-order chi connectivity index (χ1) is 15.6. The van der Waals surface area contributed by atoms with Crippen molar-refractivity contribution in [2.24, 2.45) is 0 Å². The maximum absolute atomic E-state index is 13.7. The first-order valence-corrected chi connectivity index (χ1v) is 10.6. The third-order valence-electron chi connectivity index (χ3n) is 5.46. The van der Waals surface area contributed by atoms with Gasteiger partial charge in [0.25, 0.3) is 5.91 Å². The van der Waals surface area contributed by atoms with Crippen LogP contribution in [0.5, 0.6) is 0 Å². The zero-order valence-electron chi connectivity index (χ0n) is 17.6. The SMILES string of the molecule is O=C(NCc1ccccc1F)c1cccc(NC(=O)N2CCN(c3ccccc3)CC2)c1. The molecule has 7 heteroatoms. The van der Waals surface area contributed by atoms with E-state index in [4.69, 9.17) is 0 Å². The molecule has 3 aromatic rings. The number of urea groups is 1. The van der Waals surface area contributed by atoms with E-state index in [1.54, 1.807) is 47.4 Å². The third kappa shape index (κ3) is 5.24. The minimum atomic E-state index is -0.360. The molecule has 0 bridgehead atoms. The summed E-state index contributed by atoms with van der Waals surface area (Å²) in [6, 6.07) is 23.0. The first-order valence-electron chi connectivity index (χ1n) is 10.6. The molecule has 0 unspecified atom stereocenters. The number of hydrogen-bond acceptors (Lipinski definition) is 3. The van der Waals surface area contributed by atoms with Gasteiger partial charge in [-0.1, -0.05) is 42.5 Å². The van der Waals surface area contributed by atoms with E-state index in [2.05, 4.69) is 27.7 Å². The van der Waals surface area contributed by atoms with E-state index in [0.717, 1.165) is 18.8 Å². The van der Waals surface area contributed by atoms with Crippen LogP contribution in [0.3, 0.4) is 0 Å². The van der Waals surface area contributed by atoms with Gasteiger partial charge < -0.3 is 20.4 Å². The van der Waals surface area contributed by atoms with Crippen molar-refractivity contribution in [2.75, 3.05) is 36.4 Å². The highest BCUT2D eigenvalue weighted by molar-refractivity contribution is 5.96. The van der Waals surface area contributed by atoms with Crippen molar-refractivity contribution >= 4 is 23.3 Å². The minimum Gasteiger partial charge on any atom is -0.368 e. The van der Waals surface area contributed by atoms with Gasteiger partial charge in [0.05, 0.1) is 0 Å². The standard InChI is InChI=1S/C25H25FN4O2/c26-23-12-5-4-7-20(23)18-27-24(31)19-8-6-9-21(17-19)28-25(32)30-15-13-29(14-16-30)22-10-2-1-3-11-22/h1-12,17H,13-16,18H2,(H,27,31)(H,28,32). The number of para-hydroxylation sites is 1.